The van der Waals surface area contributed by atoms with E-state index in [-0.39, 0.29) is 11.4 Å². The van der Waals surface area contributed by atoms with E-state index in [0.29, 0.717) is 12.4 Å². The Labute approximate surface area is 180 Å². The maximum atomic E-state index is 11.5. The van der Waals surface area contributed by atoms with Crippen molar-refractivity contribution in [3.63, 3.8) is 0 Å². The number of rotatable bonds is 6. The van der Waals surface area contributed by atoms with Crippen LogP contribution < -0.4 is 0 Å². The predicted molar refractivity (Wildman–Crippen MR) is 121 cm³/mol. The zero-order valence-electron chi connectivity index (χ0n) is 18.5. The van der Waals surface area contributed by atoms with Gasteiger partial charge in [-0.3, -0.25) is 0 Å². The Bertz CT molecular complexity index is 867. The minimum absolute atomic E-state index is 0.184. The first kappa shape index (κ1) is 21.0. The molecule has 1 N–H and O–H groups in total. The van der Waals surface area contributed by atoms with E-state index in [1.807, 2.05) is 31.2 Å². The van der Waals surface area contributed by atoms with Gasteiger partial charge in [-0.1, -0.05) is 24.3 Å². The maximum absolute atomic E-state index is 11.5. The van der Waals surface area contributed by atoms with E-state index in [9.17, 15) is 9.90 Å². The van der Waals surface area contributed by atoms with Crippen LogP contribution in [0.1, 0.15) is 70.4 Å². The fourth-order valence-electron chi connectivity index (χ4n) is 6.51. The molecule has 0 amide bonds. The molecule has 0 heterocycles. The number of benzene rings is 1. The molecule has 0 aromatic heterocycles. The molecule has 0 spiro atoms. The average molecular weight is 407 g/mol. The fourth-order valence-corrected chi connectivity index (χ4v) is 6.51. The third-order valence-electron chi connectivity index (χ3n) is 7.40. The summed E-state index contributed by atoms with van der Waals surface area (Å²) in [6.07, 6.45) is 15.4. The summed E-state index contributed by atoms with van der Waals surface area (Å²) in [6.45, 7) is 6.18. The molecular weight excluding hydrogens is 372 g/mol. The molecule has 1 aromatic rings. The highest BCUT2D eigenvalue weighted by atomic mass is 16.5. The monoisotopic (exact) mass is 406 g/mol. The summed E-state index contributed by atoms with van der Waals surface area (Å²) in [5.41, 5.74) is 4.53. The molecule has 3 nitrogen and oxygen atoms in total. The van der Waals surface area contributed by atoms with Crippen LogP contribution in [-0.4, -0.2) is 17.7 Å². The standard InChI is InChI=1S/C27H34O3/c1-4-30-26(29)10-18(2)6-5-7-19(3)23-8-9-25(28)24(14-23)27-15-20-11-21(16-27)13-22(12-20)17-27/h5-10,14,20-22,28H,4,11-13,15-17H2,1-3H3. The van der Waals surface area contributed by atoms with Crippen LogP contribution in [0, 0.1) is 17.8 Å². The summed E-state index contributed by atoms with van der Waals surface area (Å²) in [4.78, 5) is 11.5. The van der Waals surface area contributed by atoms with Crippen molar-refractivity contribution in [1.82, 2.24) is 0 Å². The zero-order valence-corrected chi connectivity index (χ0v) is 18.5. The van der Waals surface area contributed by atoms with Crippen molar-refractivity contribution in [2.45, 2.75) is 64.7 Å². The summed E-state index contributed by atoms with van der Waals surface area (Å²) in [6, 6.07) is 6.14. The number of hydrogen-bond donors (Lipinski definition) is 1. The van der Waals surface area contributed by atoms with Gasteiger partial charge in [-0.15, -0.1) is 0 Å². The lowest BCUT2D eigenvalue weighted by Gasteiger charge is -2.57. The molecule has 4 aliphatic rings. The molecular formula is C27H34O3. The highest BCUT2D eigenvalue weighted by Crippen LogP contribution is 2.61. The molecule has 4 bridgehead atoms. The Morgan fingerprint density at radius 3 is 2.37 bits per heavy atom. The first-order valence-electron chi connectivity index (χ1n) is 11.4. The van der Waals surface area contributed by atoms with Crippen molar-refractivity contribution in [2.75, 3.05) is 6.61 Å². The normalized spacial score (nSPS) is 30.8. The van der Waals surface area contributed by atoms with Crippen molar-refractivity contribution in [3.05, 3.63) is 59.2 Å². The van der Waals surface area contributed by atoms with E-state index in [1.54, 1.807) is 6.92 Å². The number of hydrogen-bond acceptors (Lipinski definition) is 3. The Hall–Kier alpha value is -2.29. The van der Waals surface area contributed by atoms with Crippen LogP contribution in [0.15, 0.2) is 48.1 Å². The number of phenolic OH excluding ortho intramolecular Hbond substituents is 1. The van der Waals surface area contributed by atoms with Gasteiger partial charge in [0, 0.05) is 11.6 Å². The SMILES string of the molecule is CCOC(=O)C=C(C)C=CC=C(C)c1ccc(O)c(C23CC4CC(CC(C4)C2)C3)c1. The topological polar surface area (TPSA) is 46.5 Å². The van der Waals surface area contributed by atoms with Gasteiger partial charge in [-0.25, -0.2) is 4.79 Å². The molecule has 0 atom stereocenters. The summed E-state index contributed by atoms with van der Waals surface area (Å²) < 4.78 is 4.95. The molecule has 160 valence electrons. The van der Waals surface area contributed by atoms with Crippen molar-refractivity contribution in [2.24, 2.45) is 17.8 Å². The van der Waals surface area contributed by atoms with Gasteiger partial charge in [0.05, 0.1) is 6.61 Å². The van der Waals surface area contributed by atoms with Gasteiger partial charge in [-0.2, -0.15) is 0 Å². The quantitative estimate of drug-likeness (QED) is 0.341. The Balaban J connectivity index is 1.54. The van der Waals surface area contributed by atoms with E-state index in [2.05, 4.69) is 19.1 Å². The number of ether oxygens (including phenoxy) is 1. The van der Waals surface area contributed by atoms with Crippen molar-refractivity contribution >= 4 is 11.5 Å². The Morgan fingerprint density at radius 1 is 1.13 bits per heavy atom. The zero-order chi connectivity index (χ0) is 21.3. The van der Waals surface area contributed by atoms with E-state index in [0.717, 1.165) is 34.5 Å². The third kappa shape index (κ3) is 4.26. The smallest absolute Gasteiger partial charge is 0.330 e. The lowest BCUT2D eigenvalue weighted by Crippen LogP contribution is -2.48. The van der Waals surface area contributed by atoms with Crippen LogP contribution in [-0.2, 0) is 14.9 Å². The molecule has 0 radical (unpaired) electrons. The number of carbonyl (C=O) groups is 1. The van der Waals surface area contributed by atoms with Crippen molar-refractivity contribution < 1.29 is 14.6 Å². The van der Waals surface area contributed by atoms with Crippen LogP contribution >= 0.6 is 0 Å². The number of esters is 1. The molecule has 0 unspecified atom stereocenters. The van der Waals surface area contributed by atoms with E-state index in [1.165, 1.54) is 50.2 Å². The molecule has 5 rings (SSSR count). The lowest BCUT2D eigenvalue weighted by atomic mass is 9.48. The number of allylic oxidation sites excluding steroid dienone is 5. The van der Waals surface area contributed by atoms with Crippen molar-refractivity contribution in [3.8, 4) is 5.75 Å². The van der Waals surface area contributed by atoms with Crippen LogP contribution in [0.2, 0.25) is 0 Å². The van der Waals surface area contributed by atoms with Crippen molar-refractivity contribution in [1.29, 1.82) is 0 Å². The molecule has 4 fully saturated rings. The minimum Gasteiger partial charge on any atom is -0.508 e. The molecule has 0 aliphatic heterocycles. The lowest BCUT2D eigenvalue weighted by molar-refractivity contribution is -0.137. The average Bonchev–Trinajstić information content (AvgIpc) is 2.67. The first-order valence-corrected chi connectivity index (χ1v) is 11.4. The van der Waals surface area contributed by atoms with E-state index >= 15 is 0 Å². The molecule has 30 heavy (non-hydrogen) atoms. The summed E-state index contributed by atoms with van der Waals surface area (Å²) in [5, 5.41) is 10.8. The Morgan fingerprint density at radius 2 is 1.77 bits per heavy atom. The highest BCUT2D eigenvalue weighted by molar-refractivity contribution is 5.83. The third-order valence-corrected chi connectivity index (χ3v) is 7.40. The highest BCUT2D eigenvalue weighted by Gasteiger charge is 2.52. The van der Waals surface area contributed by atoms with Crippen LogP contribution in [0.5, 0.6) is 5.75 Å². The Kier molecular flexibility index (Phi) is 5.90. The predicted octanol–water partition coefficient (Wildman–Crippen LogP) is 6.33. The molecule has 1 aromatic carbocycles. The number of aromatic hydroxyl groups is 1. The first-order chi connectivity index (χ1) is 14.4. The summed E-state index contributed by atoms with van der Waals surface area (Å²) >= 11 is 0. The molecule has 3 heteroatoms. The largest absolute Gasteiger partial charge is 0.508 e. The minimum atomic E-state index is -0.306. The van der Waals surface area contributed by atoms with Gasteiger partial charge < -0.3 is 9.84 Å². The van der Waals surface area contributed by atoms with Gasteiger partial charge in [0.15, 0.2) is 0 Å². The van der Waals surface area contributed by atoms with Gasteiger partial charge in [0.1, 0.15) is 5.75 Å². The fraction of sp³-hybridized carbons (Fsp3) is 0.519. The summed E-state index contributed by atoms with van der Waals surface area (Å²) in [5.74, 6) is 2.73. The van der Waals surface area contributed by atoms with Gasteiger partial charge in [0.2, 0.25) is 0 Å². The maximum Gasteiger partial charge on any atom is 0.330 e. The van der Waals surface area contributed by atoms with Gasteiger partial charge in [-0.05, 0) is 111 Å². The second kappa shape index (κ2) is 8.45. The second-order valence-electron chi connectivity index (χ2n) is 9.78. The van der Waals surface area contributed by atoms with Crippen LogP contribution in [0.3, 0.4) is 0 Å². The van der Waals surface area contributed by atoms with E-state index < -0.39 is 0 Å². The molecule has 0 saturated heterocycles. The van der Waals surface area contributed by atoms with Gasteiger partial charge in [0.25, 0.3) is 0 Å². The van der Waals surface area contributed by atoms with Crippen LogP contribution in [0.4, 0.5) is 0 Å². The number of phenols is 1. The molecule has 4 saturated carbocycles. The van der Waals surface area contributed by atoms with Gasteiger partial charge >= 0.3 is 5.97 Å². The number of carbonyl (C=O) groups excluding carboxylic acids is 1. The molecule has 4 aliphatic carbocycles. The van der Waals surface area contributed by atoms with E-state index in [4.69, 9.17) is 4.74 Å². The summed E-state index contributed by atoms with van der Waals surface area (Å²) in [7, 11) is 0. The van der Waals surface area contributed by atoms with Crippen LogP contribution in [0.25, 0.3) is 5.57 Å². The second-order valence-corrected chi connectivity index (χ2v) is 9.78.